The second-order valence-electron chi connectivity index (χ2n) is 0.834. The van der Waals surface area contributed by atoms with Crippen LogP contribution in [-0.2, 0) is 0 Å². The topological polar surface area (TPSA) is 41.6 Å². The lowest BCUT2D eigenvalue weighted by Crippen LogP contribution is -1.68. The fourth-order valence-corrected chi connectivity index (χ4v) is 0.205. The predicted octanol–water partition coefficient (Wildman–Crippen LogP) is 0.113. The van der Waals surface area contributed by atoms with Crippen molar-refractivity contribution >= 4 is 0 Å². The fraction of sp³-hybridized carbons (Fsp3) is 0.333. The maximum Gasteiger partial charge on any atom is 0.137 e. The van der Waals surface area contributed by atoms with E-state index in [0.29, 0.717) is 0 Å². The lowest BCUT2D eigenvalue weighted by atomic mass is 10.8. The summed E-state index contributed by atoms with van der Waals surface area (Å²) in [6.07, 6.45) is 1.17. The van der Waals surface area contributed by atoms with E-state index in [-0.39, 0.29) is 5.82 Å². The molecule has 3 heteroatoms. The molecule has 0 aliphatic carbocycles. The van der Waals surface area contributed by atoms with Gasteiger partial charge in [0.2, 0.25) is 0 Å². The lowest BCUT2D eigenvalue weighted by Gasteiger charge is -1.66. The Kier molecular flexibility index (Phi) is 0.240. The molecule has 1 rings (SSSR count). The van der Waals surface area contributed by atoms with Crippen molar-refractivity contribution in [3.63, 3.8) is 0 Å². The first-order chi connectivity index (χ1) is 4.11. The first-order valence-corrected chi connectivity index (χ1v) is 1.46. The molecule has 0 atom stereocenters. The van der Waals surface area contributed by atoms with Gasteiger partial charge in [-0.25, -0.2) is 4.98 Å². The van der Waals surface area contributed by atoms with Gasteiger partial charge in [-0.1, -0.05) is 0 Å². The third kappa shape index (κ3) is 0.381. The Balaban J connectivity index is 2.90. The van der Waals surface area contributed by atoms with Gasteiger partial charge >= 0.3 is 0 Å². The molecule has 0 spiro atoms. The summed E-state index contributed by atoms with van der Waals surface area (Å²) in [7, 11) is 0. The van der Waals surface area contributed by atoms with Crippen molar-refractivity contribution < 1.29 is 4.11 Å². The molecule has 1 aromatic heterocycles. The summed E-state index contributed by atoms with van der Waals surface area (Å²) in [5.41, 5.74) is 0. The average Bonchev–Trinajstić information content (AvgIpc) is 2.08. The molecule has 1 heterocycles. The second-order valence-corrected chi connectivity index (χ2v) is 0.834. The minimum absolute atomic E-state index is 0.0671. The number of hydrogen-bond acceptors (Lipinski definition) is 2. The van der Waals surface area contributed by atoms with Crippen LogP contribution in [0.5, 0.6) is 0 Å². The van der Waals surface area contributed by atoms with Crippen molar-refractivity contribution in [2.75, 3.05) is 0 Å². The Labute approximate surface area is 39.6 Å². The molecule has 6 heavy (non-hydrogen) atoms. The van der Waals surface area contributed by atoms with Gasteiger partial charge < -0.3 is 0 Å². The first kappa shape index (κ1) is 1.33. The van der Waals surface area contributed by atoms with E-state index >= 15 is 0 Å². The molecule has 3 nitrogen and oxygen atoms in total. The molecule has 0 unspecified atom stereocenters. The Hall–Kier alpha value is -0.860. The van der Waals surface area contributed by atoms with E-state index in [1.807, 2.05) is 0 Å². The van der Waals surface area contributed by atoms with Crippen molar-refractivity contribution in [3.05, 3.63) is 12.2 Å². The van der Waals surface area contributed by atoms with Crippen LogP contribution < -0.4 is 0 Å². The SMILES string of the molecule is [2H]C([2H])([2H])c1ncn[nH]1. The molecule has 0 saturated carbocycles. The van der Waals surface area contributed by atoms with E-state index < -0.39 is 6.85 Å². The minimum atomic E-state index is -2.16. The maximum atomic E-state index is 6.79. The number of nitrogens with zero attached hydrogens (tertiary/aromatic N) is 2. The van der Waals surface area contributed by atoms with Crippen LogP contribution in [-0.4, -0.2) is 15.2 Å². The van der Waals surface area contributed by atoms with Crippen LogP contribution in [0, 0.1) is 6.85 Å². The highest BCUT2D eigenvalue weighted by molar-refractivity contribution is 4.70. The molecular weight excluding hydrogens is 78.1 g/mol. The minimum Gasteiger partial charge on any atom is -0.264 e. The molecule has 0 saturated heterocycles. The van der Waals surface area contributed by atoms with Crippen LogP contribution in [0.1, 0.15) is 9.94 Å². The van der Waals surface area contributed by atoms with Crippen molar-refractivity contribution in [1.82, 2.24) is 15.2 Å². The van der Waals surface area contributed by atoms with Gasteiger partial charge in [-0.05, 0) is 6.85 Å². The number of nitrogens with one attached hydrogen (secondary N) is 1. The number of rotatable bonds is 0. The number of aromatic amines is 1. The third-order valence-corrected chi connectivity index (χ3v) is 0.415. The van der Waals surface area contributed by atoms with E-state index in [2.05, 4.69) is 15.2 Å². The van der Waals surface area contributed by atoms with Crippen LogP contribution in [0.3, 0.4) is 0 Å². The lowest BCUT2D eigenvalue weighted by molar-refractivity contribution is 1.04. The molecule has 0 aromatic carbocycles. The summed E-state index contributed by atoms with van der Waals surface area (Å²) in [5.74, 6) is -0.0671. The quantitative estimate of drug-likeness (QED) is 0.487. The molecule has 32 valence electrons. The van der Waals surface area contributed by atoms with Gasteiger partial charge in [0.05, 0.1) is 0 Å². The number of aryl methyl sites for hydroxylation is 1. The van der Waals surface area contributed by atoms with Gasteiger partial charge in [-0.3, -0.25) is 5.10 Å². The molecule has 0 radical (unpaired) electrons. The molecular formula is C3H5N3. The van der Waals surface area contributed by atoms with Gasteiger partial charge in [0.15, 0.2) is 0 Å². The Morgan fingerprint density at radius 3 is 3.50 bits per heavy atom. The van der Waals surface area contributed by atoms with Gasteiger partial charge in [0, 0.05) is 4.11 Å². The highest BCUT2D eigenvalue weighted by atomic mass is 15.2. The van der Waals surface area contributed by atoms with Crippen LogP contribution in [0.4, 0.5) is 0 Å². The summed E-state index contributed by atoms with van der Waals surface area (Å²) in [4.78, 5) is 3.46. The van der Waals surface area contributed by atoms with E-state index in [1.165, 1.54) is 6.33 Å². The molecule has 1 N–H and O–H groups in total. The monoisotopic (exact) mass is 86.1 g/mol. The molecule has 1 aromatic rings. The Morgan fingerprint density at radius 1 is 2.17 bits per heavy atom. The summed E-state index contributed by atoms with van der Waals surface area (Å²) < 4.78 is 20.4. The number of hydrogen-bond donors (Lipinski definition) is 1. The Morgan fingerprint density at radius 2 is 3.17 bits per heavy atom. The highest BCUT2D eigenvalue weighted by Crippen LogP contribution is 1.73. The summed E-state index contributed by atoms with van der Waals surface area (Å²) in [6, 6.07) is 0. The van der Waals surface area contributed by atoms with Crippen LogP contribution >= 0.6 is 0 Å². The van der Waals surface area contributed by atoms with E-state index in [0.717, 1.165) is 0 Å². The van der Waals surface area contributed by atoms with Gasteiger partial charge in [-0.15, -0.1) is 0 Å². The normalized spacial score (nSPS) is 18.3. The van der Waals surface area contributed by atoms with Gasteiger partial charge in [0.25, 0.3) is 0 Å². The largest absolute Gasteiger partial charge is 0.264 e. The zero-order chi connectivity index (χ0) is 6.91. The van der Waals surface area contributed by atoms with Crippen LogP contribution in [0.2, 0.25) is 0 Å². The number of aromatic nitrogens is 3. The highest BCUT2D eigenvalue weighted by Gasteiger charge is 1.75. The van der Waals surface area contributed by atoms with Crippen molar-refractivity contribution in [3.8, 4) is 0 Å². The summed E-state index contributed by atoms with van der Waals surface area (Å²) in [6.45, 7) is -2.16. The summed E-state index contributed by atoms with van der Waals surface area (Å²) >= 11 is 0. The second kappa shape index (κ2) is 1.08. The molecule has 0 fully saturated rings. The van der Waals surface area contributed by atoms with E-state index in [9.17, 15) is 0 Å². The van der Waals surface area contributed by atoms with Crippen molar-refractivity contribution in [2.24, 2.45) is 0 Å². The first-order valence-electron chi connectivity index (χ1n) is 2.96. The number of H-pyrrole nitrogens is 1. The zero-order valence-corrected chi connectivity index (χ0v) is 2.97. The predicted molar refractivity (Wildman–Crippen MR) is 21.1 cm³/mol. The van der Waals surface area contributed by atoms with Crippen molar-refractivity contribution in [2.45, 2.75) is 6.85 Å². The van der Waals surface area contributed by atoms with Crippen LogP contribution in [0.15, 0.2) is 6.33 Å². The van der Waals surface area contributed by atoms with Gasteiger partial charge in [-0.2, -0.15) is 5.10 Å². The molecule has 0 aliphatic rings. The fourth-order valence-electron chi connectivity index (χ4n) is 0.205. The van der Waals surface area contributed by atoms with Crippen molar-refractivity contribution in [1.29, 1.82) is 0 Å². The zero-order valence-electron chi connectivity index (χ0n) is 5.97. The summed E-state index contributed by atoms with van der Waals surface area (Å²) in [5, 5.41) is 5.65. The maximum absolute atomic E-state index is 6.79. The standard InChI is InChI=1S/C3H5N3/c1-3-4-2-5-6-3/h2H,1H3,(H,4,5,6)/i1D3. The molecule has 0 aliphatic heterocycles. The molecule has 0 amide bonds. The third-order valence-electron chi connectivity index (χ3n) is 0.415. The average molecular weight is 86.1 g/mol. The Bertz CT molecular complexity index is 177. The smallest absolute Gasteiger partial charge is 0.137 e. The van der Waals surface area contributed by atoms with E-state index in [1.54, 1.807) is 0 Å². The van der Waals surface area contributed by atoms with E-state index in [4.69, 9.17) is 4.11 Å². The molecule has 0 bridgehead atoms. The van der Waals surface area contributed by atoms with Crippen LogP contribution in [0.25, 0.3) is 0 Å². The van der Waals surface area contributed by atoms with Gasteiger partial charge in [0.1, 0.15) is 12.2 Å².